The van der Waals surface area contributed by atoms with Crippen LogP contribution in [0.5, 0.6) is 0 Å². The fraction of sp³-hybridized carbons (Fsp3) is 0.542. The SMILES string of the molecule is C/C=C/C(=O)NCCCCCc1nc2ccccc2n1CC(=O)N1CCCCC1C. The number of nitrogens with one attached hydrogen (secondary N) is 1. The van der Waals surface area contributed by atoms with Crippen LogP contribution in [0.15, 0.2) is 36.4 Å². The van der Waals surface area contributed by atoms with Crippen LogP contribution >= 0.6 is 0 Å². The van der Waals surface area contributed by atoms with Gasteiger partial charge in [-0.25, -0.2) is 4.98 Å². The van der Waals surface area contributed by atoms with E-state index in [1.807, 2.05) is 30.0 Å². The van der Waals surface area contributed by atoms with Crippen LogP contribution < -0.4 is 5.32 Å². The van der Waals surface area contributed by atoms with Crippen LogP contribution in [0.2, 0.25) is 0 Å². The van der Waals surface area contributed by atoms with E-state index >= 15 is 0 Å². The molecule has 1 atom stereocenters. The molecule has 0 aliphatic carbocycles. The topological polar surface area (TPSA) is 67.2 Å². The number of imidazole rings is 1. The van der Waals surface area contributed by atoms with Crippen LogP contribution in [0.4, 0.5) is 0 Å². The van der Waals surface area contributed by atoms with E-state index in [1.54, 1.807) is 12.2 Å². The molecule has 2 aromatic rings. The first-order valence-electron chi connectivity index (χ1n) is 11.2. The average Bonchev–Trinajstić information content (AvgIpc) is 3.08. The second-order valence-corrected chi connectivity index (χ2v) is 8.14. The quantitative estimate of drug-likeness (QED) is 0.504. The zero-order chi connectivity index (χ0) is 21.3. The van der Waals surface area contributed by atoms with Crippen molar-refractivity contribution in [3.8, 4) is 0 Å². The van der Waals surface area contributed by atoms with Crippen LogP contribution in [0.3, 0.4) is 0 Å². The number of benzene rings is 1. The Labute approximate surface area is 179 Å². The number of piperidine rings is 1. The van der Waals surface area contributed by atoms with Gasteiger partial charge in [-0.1, -0.05) is 24.6 Å². The number of rotatable bonds is 9. The fourth-order valence-electron chi connectivity index (χ4n) is 4.19. The third-order valence-corrected chi connectivity index (χ3v) is 5.84. The molecule has 1 fully saturated rings. The first kappa shape index (κ1) is 22.1. The zero-order valence-corrected chi connectivity index (χ0v) is 18.3. The van der Waals surface area contributed by atoms with Crippen molar-refractivity contribution >= 4 is 22.8 Å². The number of likely N-dealkylation sites (tertiary alicyclic amines) is 1. The lowest BCUT2D eigenvalue weighted by Gasteiger charge is -2.33. The van der Waals surface area contributed by atoms with E-state index in [-0.39, 0.29) is 11.8 Å². The van der Waals surface area contributed by atoms with Crippen molar-refractivity contribution < 1.29 is 9.59 Å². The summed E-state index contributed by atoms with van der Waals surface area (Å²) >= 11 is 0. The molecule has 6 heteroatoms. The Morgan fingerprint density at radius 1 is 1.20 bits per heavy atom. The molecule has 0 spiro atoms. The molecule has 0 radical (unpaired) electrons. The molecule has 1 saturated heterocycles. The van der Waals surface area contributed by atoms with Crippen LogP contribution in [0, 0.1) is 0 Å². The fourth-order valence-corrected chi connectivity index (χ4v) is 4.19. The standard InChI is InChI=1S/C24H34N4O2/c1-3-11-23(29)25-16-9-4-5-15-22-26-20-13-6-7-14-21(20)28(22)18-24(30)27-17-10-8-12-19(27)2/h3,6-7,11,13-14,19H,4-5,8-10,12,15-18H2,1-2H3,(H,25,29)/b11-3+. The smallest absolute Gasteiger partial charge is 0.243 e. The summed E-state index contributed by atoms with van der Waals surface area (Å²) in [6, 6.07) is 8.38. The third-order valence-electron chi connectivity index (χ3n) is 5.84. The highest BCUT2D eigenvalue weighted by atomic mass is 16.2. The number of carbonyl (C=O) groups is 2. The minimum absolute atomic E-state index is 0.0373. The van der Waals surface area contributed by atoms with Crippen molar-refractivity contribution in [3.63, 3.8) is 0 Å². The lowest BCUT2D eigenvalue weighted by molar-refractivity contribution is -0.135. The molecule has 30 heavy (non-hydrogen) atoms. The Kier molecular flexibility index (Phi) is 8.05. The van der Waals surface area contributed by atoms with E-state index in [4.69, 9.17) is 4.98 Å². The van der Waals surface area contributed by atoms with Crippen LogP contribution in [-0.4, -0.2) is 45.4 Å². The summed E-state index contributed by atoms with van der Waals surface area (Å²) in [5.74, 6) is 1.13. The van der Waals surface area contributed by atoms with Gasteiger partial charge in [-0.15, -0.1) is 0 Å². The molecule has 6 nitrogen and oxygen atoms in total. The van der Waals surface area contributed by atoms with Crippen molar-refractivity contribution in [2.24, 2.45) is 0 Å². The Morgan fingerprint density at radius 3 is 2.83 bits per heavy atom. The third kappa shape index (κ3) is 5.71. The van der Waals surface area contributed by atoms with Crippen LogP contribution in [-0.2, 0) is 22.6 Å². The van der Waals surface area contributed by atoms with Gasteiger partial charge in [-0.2, -0.15) is 0 Å². The van der Waals surface area contributed by atoms with Crippen molar-refractivity contribution in [3.05, 3.63) is 42.2 Å². The molecule has 1 aliphatic heterocycles. The van der Waals surface area contributed by atoms with E-state index in [2.05, 4.69) is 22.9 Å². The molecule has 1 aromatic heterocycles. The summed E-state index contributed by atoms with van der Waals surface area (Å²) in [6.45, 7) is 5.90. The molecule has 1 aliphatic rings. The van der Waals surface area contributed by atoms with Crippen LogP contribution in [0.25, 0.3) is 11.0 Å². The summed E-state index contributed by atoms with van der Waals surface area (Å²) in [6.07, 6.45) is 10.4. The molecule has 2 heterocycles. The van der Waals surface area contributed by atoms with Gasteiger partial charge in [0.25, 0.3) is 0 Å². The largest absolute Gasteiger partial charge is 0.353 e. The molecule has 1 N–H and O–H groups in total. The lowest BCUT2D eigenvalue weighted by Crippen LogP contribution is -2.43. The highest BCUT2D eigenvalue weighted by molar-refractivity contribution is 5.87. The number of aryl methyl sites for hydroxylation is 1. The second-order valence-electron chi connectivity index (χ2n) is 8.14. The van der Waals surface area contributed by atoms with Crippen molar-refractivity contribution in [1.82, 2.24) is 19.8 Å². The highest BCUT2D eigenvalue weighted by Gasteiger charge is 2.24. The van der Waals surface area contributed by atoms with E-state index in [9.17, 15) is 9.59 Å². The van der Waals surface area contributed by atoms with Gasteiger partial charge >= 0.3 is 0 Å². The van der Waals surface area contributed by atoms with E-state index < -0.39 is 0 Å². The maximum absolute atomic E-state index is 13.0. The minimum atomic E-state index is -0.0373. The van der Waals surface area contributed by atoms with Crippen molar-refractivity contribution in [2.45, 2.75) is 71.4 Å². The normalized spacial score (nSPS) is 17.0. The van der Waals surface area contributed by atoms with Gasteiger partial charge in [0.2, 0.25) is 11.8 Å². The van der Waals surface area contributed by atoms with Gasteiger partial charge in [-0.05, 0) is 64.2 Å². The number of hydrogen-bond acceptors (Lipinski definition) is 3. The Morgan fingerprint density at radius 2 is 2.03 bits per heavy atom. The first-order chi connectivity index (χ1) is 14.6. The maximum Gasteiger partial charge on any atom is 0.243 e. The molecular weight excluding hydrogens is 376 g/mol. The van der Waals surface area contributed by atoms with E-state index in [0.717, 1.165) is 61.9 Å². The van der Waals surface area contributed by atoms with Gasteiger partial charge in [0.1, 0.15) is 12.4 Å². The average molecular weight is 411 g/mol. The van der Waals surface area contributed by atoms with Gasteiger partial charge in [0, 0.05) is 25.6 Å². The summed E-state index contributed by atoms with van der Waals surface area (Å²) in [7, 11) is 0. The highest BCUT2D eigenvalue weighted by Crippen LogP contribution is 2.21. The molecule has 3 rings (SSSR count). The van der Waals surface area contributed by atoms with Gasteiger partial charge in [0.15, 0.2) is 0 Å². The molecular formula is C24H34N4O2. The number of fused-ring (bicyclic) bond motifs is 1. The first-order valence-corrected chi connectivity index (χ1v) is 11.2. The number of nitrogens with zero attached hydrogens (tertiary/aromatic N) is 3. The summed E-state index contributed by atoms with van der Waals surface area (Å²) < 4.78 is 2.10. The molecule has 1 aromatic carbocycles. The lowest BCUT2D eigenvalue weighted by atomic mass is 10.0. The van der Waals surface area contributed by atoms with Gasteiger partial charge in [0.05, 0.1) is 11.0 Å². The predicted octanol–water partition coefficient (Wildman–Crippen LogP) is 3.84. The van der Waals surface area contributed by atoms with Crippen molar-refractivity contribution in [2.75, 3.05) is 13.1 Å². The number of unbranched alkanes of at least 4 members (excludes halogenated alkanes) is 2. The van der Waals surface area contributed by atoms with Crippen LogP contribution in [0.1, 0.15) is 58.2 Å². The number of hydrogen-bond donors (Lipinski definition) is 1. The maximum atomic E-state index is 13.0. The Balaban J connectivity index is 1.60. The number of aromatic nitrogens is 2. The molecule has 162 valence electrons. The van der Waals surface area contributed by atoms with Gasteiger partial charge in [-0.3, -0.25) is 9.59 Å². The van der Waals surface area contributed by atoms with Crippen molar-refractivity contribution in [1.29, 1.82) is 0 Å². The minimum Gasteiger partial charge on any atom is -0.353 e. The van der Waals surface area contributed by atoms with Gasteiger partial charge < -0.3 is 14.8 Å². The summed E-state index contributed by atoms with van der Waals surface area (Å²) in [5.41, 5.74) is 1.98. The zero-order valence-electron chi connectivity index (χ0n) is 18.3. The molecule has 1 unspecified atom stereocenters. The number of amides is 2. The number of allylic oxidation sites excluding steroid dienone is 1. The molecule has 2 amide bonds. The van der Waals surface area contributed by atoms with E-state index in [1.165, 1.54) is 6.42 Å². The summed E-state index contributed by atoms with van der Waals surface area (Å²) in [5, 5.41) is 2.88. The number of para-hydroxylation sites is 2. The molecule has 0 bridgehead atoms. The monoisotopic (exact) mass is 410 g/mol. The Hall–Kier alpha value is -2.63. The summed E-state index contributed by atoms with van der Waals surface area (Å²) in [4.78, 5) is 31.3. The number of carbonyl (C=O) groups excluding carboxylic acids is 2. The Bertz CT molecular complexity index is 886. The van der Waals surface area contributed by atoms with E-state index in [0.29, 0.717) is 19.1 Å². The second kappa shape index (κ2) is 11.0. The predicted molar refractivity (Wildman–Crippen MR) is 120 cm³/mol. The molecule has 0 saturated carbocycles.